The SMILES string of the molecule is Cc1cc2c(cc1[Si](C)(C)C)-c1cc([Si](C)(C)C)c(C)cc1C2. The van der Waals surface area contributed by atoms with Gasteiger partial charge < -0.3 is 0 Å². The molecule has 23 heavy (non-hydrogen) atoms. The summed E-state index contributed by atoms with van der Waals surface area (Å²) in [5.41, 5.74) is 9.10. The highest BCUT2D eigenvalue weighted by Crippen LogP contribution is 2.37. The maximum atomic E-state index is 2.53. The van der Waals surface area contributed by atoms with Crippen molar-refractivity contribution in [2.75, 3.05) is 0 Å². The van der Waals surface area contributed by atoms with E-state index < -0.39 is 16.1 Å². The minimum Gasteiger partial charge on any atom is -0.0656 e. The van der Waals surface area contributed by atoms with Crippen molar-refractivity contribution in [2.45, 2.75) is 59.6 Å². The molecule has 0 nitrogen and oxygen atoms in total. The lowest BCUT2D eigenvalue weighted by atomic mass is 10.0. The molecule has 2 aromatic carbocycles. The Labute approximate surface area is 144 Å². The van der Waals surface area contributed by atoms with Crippen LogP contribution in [-0.4, -0.2) is 16.1 Å². The van der Waals surface area contributed by atoms with E-state index in [4.69, 9.17) is 0 Å². The zero-order chi connectivity index (χ0) is 17.2. The molecule has 0 aromatic heterocycles. The first-order valence-electron chi connectivity index (χ1n) is 8.77. The highest BCUT2D eigenvalue weighted by molar-refractivity contribution is 6.89. The zero-order valence-corrected chi connectivity index (χ0v) is 18.0. The largest absolute Gasteiger partial charge is 0.0779 e. The molecule has 0 aliphatic heterocycles. The smallest absolute Gasteiger partial charge is 0.0656 e. The van der Waals surface area contributed by atoms with Crippen molar-refractivity contribution < 1.29 is 0 Å². The van der Waals surface area contributed by atoms with Gasteiger partial charge in [0.25, 0.3) is 0 Å². The summed E-state index contributed by atoms with van der Waals surface area (Å²) >= 11 is 0. The third-order valence-electron chi connectivity index (χ3n) is 5.19. The fraction of sp³-hybridized carbons (Fsp3) is 0.429. The van der Waals surface area contributed by atoms with Crippen LogP contribution in [0.15, 0.2) is 24.3 Å². The van der Waals surface area contributed by atoms with Crippen LogP contribution >= 0.6 is 0 Å². The second-order valence-corrected chi connectivity index (χ2v) is 19.4. The number of hydrogen-bond acceptors (Lipinski definition) is 0. The fourth-order valence-corrected chi connectivity index (χ4v) is 7.82. The Hall–Kier alpha value is -1.13. The van der Waals surface area contributed by atoms with E-state index in [1.807, 2.05) is 0 Å². The molecule has 0 saturated carbocycles. The van der Waals surface area contributed by atoms with E-state index in [0.29, 0.717) is 0 Å². The molecule has 3 rings (SSSR count). The lowest BCUT2D eigenvalue weighted by Crippen LogP contribution is -2.40. The van der Waals surface area contributed by atoms with Crippen molar-refractivity contribution in [3.8, 4) is 11.1 Å². The topological polar surface area (TPSA) is 0 Å². The molecule has 0 radical (unpaired) electrons. The summed E-state index contributed by atoms with van der Waals surface area (Å²) in [4.78, 5) is 0. The molecule has 1 aliphatic carbocycles. The van der Waals surface area contributed by atoms with Crippen LogP contribution in [0.2, 0.25) is 39.3 Å². The number of aryl methyl sites for hydroxylation is 2. The van der Waals surface area contributed by atoms with E-state index in [9.17, 15) is 0 Å². The molecule has 0 amide bonds. The van der Waals surface area contributed by atoms with Gasteiger partial charge in [-0.2, -0.15) is 0 Å². The van der Waals surface area contributed by atoms with Gasteiger partial charge in [-0.05, 0) is 42.5 Å². The predicted molar refractivity (Wildman–Crippen MR) is 110 cm³/mol. The summed E-state index contributed by atoms with van der Waals surface area (Å²) in [7, 11) is -2.59. The molecule has 0 saturated heterocycles. The molecular weight excluding hydrogens is 308 g/mol. The zero-order valence-electron chi connectivity index (χ0n) is 16.0. The van der Waals surface area contributed by atoms with Gasteiger partial charge in [-0.15, -0.1) is 0 Å². The molecular formula is C21H30Si2. The van der Waals surface area contributed by atoms with Crippen LogP contribution in [0.4, 0.5) is 0 Å². The van der Waals surface area contributed by atoms with Crippen LogP contribution in [0, 0.1) is 13.8 Å². The summed E-state index contributed by atoms with van der Waals surface area (Å²) < 4.78 is 0. The van der Waals surface area contributed by atoms with E-state index in [1.54, 1.807) is 10.4 Å². The fourth-order valence-electron chi connectivity index (χ4n) is 4.15. The third-order valence-corrected chi connectivity index (χ3v) is 9.50. The Morgan fingerprint density at radius 2 is 0.957 bits per heavy atom. The van der Waals surface area contributed by atoms with Crippen LogP contribution in [0.3, 0.4) is 0 Å². The summed E-state index contributed by atoms with van der Waals surface area (Å²) in [6.45, 7) is 19.4. The van der Waals surface area contributed by atoms with Crippen molar-refractivity contribution in [1.82, 2.24) is 0 Å². The van der Waals surface area contributed by atoms with E-state index in [2.05, 4.69) is 77.4 Å². The molecule has 0 atom stereocenters. The molecule has 0 bridgehead atoms. The Kier molecular flexibility index (Phi) is 3.77. The summed E-state index contributed by atoms with van der Waals surface area (Å²) in [6.07, 6.45) is 1.12. The molecule has 122 valence electrons. The molecule has 0 fully saturated rings. The van der Waals surface area contributed by atoms with Gasteiger partial charge in [0.1, 0.15) is 0 Å². The van der Waals surface area contributed by atoms with Crippen LogP contribution in [0.1, 0.15) is 22.3 Å². The van der Waals surface area contributed by atoms with Crippen molar-refractivity contribution >= 4 is 26.5 Å². The standard InChI is InChI=1S/C21H30Si2/c1-14-9-16-11-17-10-15(2)21(23(6,7)8)13-19(17)18(16)12-20(14)22(3,4)5/h9-10,12-13H,11H2,1-8H3. The number of hydrogen-bond donors (Lipinski definition) is 0. The molecule has 0 N–H and O–H groups in total. The van der Waals surface area contributed by atoms with E-state index >= 15 is 0 Å². The van der Waals surface area contributed by atoms with Gasteiger partial charge >= 0.3 is 0 Å². The van der Waals surface area contributed by atoms with E-state index in [-0.39, 0.29) is 0 Å². The van der Waals surface area contributed by atoms with Crippen LogP contribution in [0.25, 0.3) is 11.1 Å². The van der Waals surface area contributed by atoms with Crippen molar-refractivity contribution in [2.24, 2.45) is 0 Å². The van der Waals surface area contributed by atoms with Crippen LogP contribution < -0.4 is 10.4 Å². The van der Waals surface area contributed by atoms with Gasteiger partial charge in [0.05, 0.1) is 16.1 Å². The van der Waals surface area contributed by atoms with Gasteiger partial charge in [-0.3, -0.25) is 0 Å². The highest BCUT2D eigenvalue weighted by atomic mass is 28.3. The van der Waals surface area contributed by atoms with Gasteiger partial charge in [0.15, 0.2) is 0 Å². The Morgan fingerprint density at radius 1 is 0.609 bits per heavy atom. The molecule has 0 heterocycles. The quantitative estimate of drug-likeness (QED) is 0.579. The maximum absolute atomic E-state index is 2.53. The second-order valence-electron chi connectivity index (χ2n) is 9.33. The monoisotopic (exact) mass is 338 g/mol. The van der Waals surface area contributed by atoms with Crippen LogP contribution in [0.5, 0.6) is 0 Å². The number of benzene rings is 2. The normalized spacial score (nSPS) is 13.9. The first kappa shape index (κ1) is 16.7. The molecule has 2 heteroatoms. The average Bonchev–Trinajstić information content (AvgIpc) is 2.70. The molecule has 2 aromatic rings. The second kappa shape index (κ2) is 5.19. The third kappa shape index (κ3) is 2.87. The molecule has 0 unspecified atom stereocenters. The van der Waals surface area contributed by atoms with Crippen molar-refractivity contribution in [3.05, 3.63) is 46.5 Å². The molecule has 0 spiro atoms. The lowest BCUT2D eigenvalue weighted by molar-refractivity contribution is 1.24. The highest BCUT2D eigenvalue weighted by Gasteiger charge is 2.27. The minimum atomic E-state index is -1.29. The van der Waals surface area contributed by atoms with Gasteiger partial charge in [0.2, 0.25) is 0 Å². The van der Waals surface area contributed by atoms with E-state index in [1.165, 1.54) is 33.4 Å². The summed E-state index contributed by atoms with van der Waals surface area (Å²) in [5, 5.41) is 3.25. The Morgan fingerprint density at radius 3 is 1.26 bits per heavy atom. The average molecular weight is 339 g/mol. The Bertz CT molecular complexity index is 719. The van der Waals surface area contributed by atoms with Gasteiger partial charge in [0, 0.05) is 0 Å². The summed E-state index contributed by atoms with van der Waals surface area (Å²) in [5.74, 6) is 0. The minimum absolute atomic E-state index is 1.12. The van der Waals surface area contributed by atoms with Crippen LogP contribution in [-0.2, 0) is 6.42 Å². The van der Waals surface area contributed by atoms with E-state index in [0.717, 1.165) is 6.42 Å². The maximum Gasteiger partial charge on any atom is 0.0779 e. The predicted octanol–water partition coefficient (Wildman–Crippen LogP) is 4.97. The number of rotatable bonds is 2. The van der Waals surface area contributed by atoms with Gasteiger partial charge in [-0.1, -0.05) is 85.0 Å². The van der Waals surface area contributed by atoms with Gasteiger partial charge in [-0.25, -0.2) is 0 Å². The number of fused-ring (bicyclic) bond motifs is 3. The summed E-state index contributed by atoms with van der Waals surface area (Å²) in [6, 6.07) is 10.00. The van der Waals surface area contributed by atoms with Crippen molar-refractivity contribution in [3.63, 3.8) is 0 Å². The molecule has 1 aliphatic rings. The lowest BCUT2D eigenvalue weighted by Gasteiger charge is -2.22. The first-order valence-corrected chi connectivity index (χ1v) is 15.8. The van der Waals surface area contributed by atoms with Crippen molar-refractivity contribution in [1.29, 1.82) is 0 Å². The Balaban J connectivity index is 2.23. The first-order chi connectivity index (χ1) is 10.5.